The quantitative estimate of drug-likeness (QED) is 0.0387. The lowest BCUT2D eigenvalue weighted by Crippen LogP contribution is -2.28. The number of aliphatic hydroxyl groups is 1. The Bertz CT molecular complexity index is 776. The van der Waals surface area contributed by atoms with Crippen LogP contribution in [0, 0.1) is 0 Å². The van der Waals surface area contributed by atoms with Gasteiger partial charge in [0.1, 0.15) is 6.61 Å². The van der Waals surface area contributed by atoms with Crippen LogP contribution in [0.4, 0.5) is 0 Å². The van der Waals surface area contributed by atoms with Crippen LogP contribution in [0.15, 0.2) is 24.3 Å². The molecule has 5 heteroatoms. The third-order valence-electron chi connectivity index (χ3n) is 9.97. The van der Waals surface area contributed by atoms with Gasteiger partial charge >= 0.3 is 11.9 Å². The fourth-order valence-electron chi connectivity index (χ4n) is 6.54. The molecule has 0 amide bonds. The van der Waals surface area contributed by atoms with Crippen LogP contribution >= 0.6 is 0 Å². The molecule has 0 bridgehead atoms. The van der Waals surface area contributed by atoms with Crippen molar-refractivity contribution in [2.24, 2.45) is 0 Å². The first-order valence-electron chi connectivity index (χ1n) is 22.4. The Morgan fingerprint density at radius 3 is 1.10 bits per heavy atom. The number of esters is 2. The number of hydrogen-bond acceptors (Lipinski definition) is 5. The van der Waals surface area contributed by atoms with Gasteiger partial charge in [-0.05, 0) is 64.2 Å². The molecule has 0 aromatic heterocycles. The van der Waals surface area contributed by atoms with Crippen molar-refractivity contribution in [1.29, 1.82) is 0 Å². The average Bonchev–Trinajstić information content (AvgIpc) is 3.13. The highest BCUT2D eigenvalue weighted by molar-refractivity contribution is 5.70. The Labute approximate surface area is 317 Å². The van der Waals surface area contributed by atoms with Crippen LogP contribution in [0.25, 0.3) is 0 Å². The van der Waals surface area contributed by atoms with E-state index in [-0.39, 0.29) is 25.2 Å². The van der Waals surface area contributed by atoms with Gasteiger partial charge in [0, 0.05) is 12.8 Å². The van der Waals surface area contributed by atoms with Gasteiger partial charge < -0.3 is 14.6 Å². The van der Waals surface area contributed by atoms with E-state index in [1.54, 1.807) is 0 Å². The zero-order chi connectivity index (χ0) is 37.1. The second-order valence-electron chi connectivity index (χ2n) is 15.1. The topological polar surface area (TPSA) is 72.8 Å². The molecule has 0 aromatic rings. The zero-order valence-electron chi connectivity index (χ0n) is 34.1. The Morgan fingerprint density at radius 2 is 0.725 bits per heavy atom. The van der Waals surface area contributed by atoms with Gasteiger partial charge in [-0.15, -0.1) is 0 Å². The van der Waals surface area contributed by atoms with E-state index in [2.05, 4.69) is 38.2 Å². The van der Waals surface area contributed by atoms with Gasteiger partial charge in [-0.2, -0.15) is 0 Å². The minimum absolute atomic E-state index is 0.0667. The monoisotopic (exact) mass is 719 g/mol. The molecule has 5 nitrogen and oxygen atoms in total. The van der Waals surface area contributed by atoms with Gasteiger partial charge in [-0.3, -0.25) is 9.59 Å². The van der Waals surface area contributed by atoms with Crippen LogP contribution in [-0.4, -0.2) is 36.4 Å². The molecule has 51 heavy (non-hydrogen) atoms. The van der Waals surface area contributed by atoms with E-state index in [4.69, 9.17) is 9.47 Å². The molecule has 0 aliphatic heterocycles. The molecule has 0 radical (unpaired) electrons. The van der Waals surface area contributed by atoms with Crippen molar-refractivity contribution in [2.45, 2.75) is 245 Å². The Hall–Kier alpha value is -1.62. The second kappa shape index (κ2) is 42.8. The number of unbranched alkanes of at least 4 members (excludes halogenated alkanes) is 29. The minimum atomic E-state index is -0.771. The number of ether oxygens (including phenoxy) is 2. The van der Waals surface area contributed by atoms with Crippen LogP contribution < -0.4 is 0 Å². The second-order valence-corrected chi connectivity index (χ2v) is 15.1. The lowest BCUT2D eigenvalue weighted by Gasteiger charge is -2.15. The van der Waals surface area contributed by atoms with Crippen molar-refractivity contribution in [1.82, 2.24) is 0 Å². The smallest absolute Gasteiger partial charge is 0.306 e. The molecule has 0 aromatic carbocycles. The summed E-state index contributed by atoms with van der Waals surface area (Å²) in [5.74, 6) is -0.593. The number of hydrogen-bond donors (Lipinski definition) is 1. The molecule has 0 spiro atoms. The summed E-state index contributed by atoms with van der Waals surface area (Å²) >= 11 is 0. The summed E-state index contributed by atoms with van der Waals surface area (Å²) in [5, 5.41) is 9.57. The summed E-state index contributed by atoms with van der Waals surface area (Å²) in [6.07, 6.45) is 51.2. The van der Waals surface area contributed by atoms with Crippen molar-refractivity contribution in [3.63, 3.8) is 0 Å². The van der Waals surface area contributed by atoms with Gasteiger partial charge in [0.15, 0.2) is 6.10 Å². The summed E-state index contributed by atoms with van der Waals surface area (Å²) in [7, 11) is 0. The summed E-state index contributed by atoms with van der Waals surface area (Å²) in [4.78, 5) is 24.3. The third-order valence-corrected chi connectivity index (χ3v) is 9.97. The highest BCUT2D eigenvalue weighted by Crippen LogP contribution is 2.15. The first-order valence-corrected chi connectivity index (χ1v) is 22.4. The number of carbonyl (C=O) groups excluding carboxylic acids is 2. The fourth-order valence-corrected chi connectivity index (χ4v) is 6.54. The van der Waals surface area contributed by atoms with E-state index in [9.17, 15) is 14.7 Å². The summed E-state index contributed by atoms with van der Waals surface area (Å²) in [6, 6.07) is 0. The number of rotatable bonds is 41. The van der Waals surface area contributed by atoms with E-state index in [0.717, 1.165) is 44.9 Å². The van der Waals surface area contributed by atoms with Crippen molar-refractivity contribution in [3.8, 4) is 0 Å². The highest BCUT2D eigenvalue weighted by Gasteiger charge is 2.16. The summed E-state index contributed by atoms with van der Waals surface area (Å²) in [5.41, 5.74) is 0. The first-order chi connectivity index (χ1) is 25.1. The van der Waals surface area contributed by atoms with Crippen molar-refractivity contribution in [2.75, 3.05) is 13.2 Å². The summed E-state index contributed by atoms with van der Waals surface area (Å²) < 4.78 is 10.6. The Morgan fingerprint density at radius 1 is 0.431 bits per heavy atom. The minimum Gasteiger partial charge on any atom is -0.462 e. The predicted molar refractivity (Wildman–Crippen MR) is 219 cm³/mol. The van der Waals surface area contributed by atoms with E-state index < -0.39 is 6.10 Å². The maximum Gasteiger partial charge on any atom is 0.306 e. The molecular weight excluding hydrogens is 633 g/mol. The Balaban J connectivity index is 3.46. The van der Waals surface area contributed by atoms with Gasteiger partial charge in [-0.1, -0.05) is 186 Å². The largest absolute Gasteiger partial charge is 0.462 e. The first kappa shape index (κ1) is 49.4. The van der Waals surface area contributed by atoms with Gasteiger partial charge in [-0.25, -0.2) is 0 Å². The van der Waals surface area contributed by atoms with E-state index in [0.29, 0.717) is 12.8 Å². The fraction of sp³-hybridized carbons (Fsp3) is 0.870. The molecule has 1 N–H and O–H groups in total. The molecule has 0 fully saturated rings. The standard InChI is InChI=1S/C46H86O5/c1-3-5-7-9-11-13-15-17-18-19-20-21-22-23-24-25-26-27-28-29-31-33-35-37-39-41-46(49)51-44(42-47)43-50-45(48)40-38-36-34-32-30-16-14-12-10-8-6-4-2/h12,14,19-20,44,47H,3-11,13,15-18,21-43H2,1-2H3/b14-12-,20-19-. The lowest BCUT2D eigenvalue weighted by molar-refractivity contribution is -0.161. The number of carbonyl (C=O) groups is 2. The zero-order valence-corrected chi connectivity index (χ0v) is 34.1. The van der Waals surface area contributed by atoms with Crippen LogP contribution in [-0.2, 0) is 19.1 Å². The van der Waals surface area contributed by atoms with Crippen molar-refractivity contribution in [3.05, 3.63) is 24.3 Å². The van der Waals surface area contributed by atoms with Gasteiger partial charge in [0.2, 0.25) is 0 Å². The number of aliphatic hydroxyl groups excluding tert-OH is 1. The van der Waals surface area contributed by atoms with Crippen LogP contribution in [0.1, 0.15) is 239 Å². The molecular formula is C46H86O5. The third kappa shape index (κ3) is 41.0. The molecule has 300 valence electrons. The summed E-state index contributed by atoms with van der Waals surface area (Å²) in [6.45, 7) is 4.12. The molecule has 1 atom stereocenters. The van der Waals surface area contributed by atoms with Crippen LogP contribution in [0.5, 0.6) is 0 Å². The lowest BCUT2D eigenvalue weighted by atomic mass is 10.0. The maximum atomic E-state index is 12.2. The van der Waals surface area contributed by atoms with E-state index >= 15 is 0 Å². The Kier molecular flexibility index (Phi) is 41.4. The van der Waals surface area contributed by atoms with Crippen LogP contribution in [0.2, 0.25) is 0 Å². The molecule has 1 unspecified atom stereocenters. The maximum absolute atomic E-state index is 12.2. The molecule has 0 rings (SSSR count). The molecule has 0 heterocycles. The molecule has 0 aliphatic rings. The molecule has 0 saturated heterocycles. The van der Waals surface area contributed by atoms with Crippen LogP contribution in [0.3, 0.4) is 0 Å². The van der Waals surface area contributed by atoms with Crippen molar-refractivity contribution >= 4 is 11.9 Å². The number of allylic oxidation sites excluding steroid dienone is 4. The average molecular weight is 719 g/mol. The van der Waals surface area contributed by atoms with Gasteiger partial charge in [0.25, 0.3) is 0 Å². The normalized spacial score (nSPS) is 12.3. The van der Waals surface area contributed by atoms with E-state index in [1.165, 1.54) is 167 Å². The van der Waals surface area contributed by atoms with E-state index in [1.807, 2.05) is 0 Å². The molecule has 0 aliphatic carbocycles. The molecule has 0 saturated carbocycles. The predicted octanol–water partition coefficient (Wildman–Crippen LogP) is 14.2. The SMILES string of the molecule is CCCCC/C=C\CCCCCCCC(=O)OCC(CO)OC(=O)CCCCCCCCCCCCCCC/C=C\CCCCCCCCCC. The highest BCUT2D eigenvalue weighted by atomic mass is 16.6. The van der Waals surface area contributed by atoms with Crippen molar-refractivity contribution < 1.29 is 24.2 Å². The van der Waals surface area contributed by atoms with Gasteiger partial charge in [0.05, 0.1) is 6.61 Å².